The second-order valence-corrected chi connectivity index (χ2v) is 6.85. The highest BCUT2D eigenvalue weighted by Gasteiger charge is 2.13. The molecule has 0 bridgehead atoms. The molecular weight excluding hydrogens is 345 g/mol. The van der Waals surface area contributed by atoms with Crippen LogP contribution in [0.4, 0.5) is 16.2 Å². The Bertz CT molecular complexity index is 764. The number of benzene rings is 2. The number of urea groups is 1. The lowest BCUT2D eigenvalue weighted by molar-refractivity contribution is 0.262. The van der Waals surface area contributed by atoms with E-state index in [0.717, 1.165) is 31.6 Å². The van der Waals surface area contributed by atoms with Crippen LogP contribution < -0.4 is 10.6 Å². The number of nitrogens with zero attached hydrogens (tertiary/aromatic N) is 1. The van der Waals surface area contributed by atoms with E-state index >= 15 is 0 Å². The number of hydrogen-bond donors (Lipinski definition) is 2. The number of nitrogens with one attached hydrogen (secondary N) is 2. The third-order valence-corrected chi connectivity index (χ3v) is 4.81. The summed E-state index contributed by atoms with van der Waals surface area (Å²) in [5.41, 5.74) is 4.00. The Labute approximate surface area is 151 Å². The summed E-state index contributed by atoms with van der Waals surface area (Å²) in [6.07, 6.45) is 2.24. The summed E-state index contributed by atoms with van der Waals surface area (Å²) in [5, 5.41) is 6.48. The van der Waals surface area contributed by atoms with Gasteiger partial charge in [-0.2, -0.15) is 0 Å². The van der Waals surface area contributed by atoms with Gasteiger partial charge in [-0.3, -0.25) is 0 Å². The monoisotopic (exact) mass is 363 g/mol. The summed E-state index contributed by atoms with van der Waals surface area (Å²) in [4.78, 5) is 14.5. The van der Waals surface area contributed by atoms with E-state index < -0.39 is 0 Å². The normalized spacial score (nSPS) is 14.6. The molecular formula is C18H19Cl2N3O. The van der Waals surface area contributed by atoms with Crippen LogP contribution in [0.3, 0.4) is 0 Å². The molecule has 0 fully saturated rings. The first-order valence-corrected chi connectivity index (χ1v) is 8.60. The Morgan fingerprint density at radius 3 is 2.46 bits per heavy atom. The highest BCUT2D eigenvalue weighted by Crippen LogP contribution is 2.25. The summed E-state index contributed by atoms with van der Waals surface area (Å²) in [6.45, 7) is 1.99. The largest absolute Gasteiger partial charge is 0.323 e. The maximum atomic E-state index is 12.2. The van der Waals surface area contributed by atoms with Crippen molar-refractivity contribution >= 4 is 40.6 Å². The molecule has 1 heterocycles. The minimum Gasteiger partial charge on any atom is -0.308 e. The highest BCUT2D eigenvalue weighted by atomic mass is 35.5. The molecule has 0 aromatic heterocycles. The van der Waals surface area contributed by atoms with Crippen molar-refractivity contribution in [3.8, 4) is 0 Å². The number of halogens is 2. The zero-order chi connectivity index (χ0) is 17.1. The van der Waals surface area contributed by atoms with Crippen LogP contribution in [-0.4, -0.2) is 24.5 Å². The Morgan fingerprint density at radius 2 is 1.71 bits per heavy atom. The molecule has 1 aliphatic heterocycles. The number of aryl methyl sites for hydroxylation is 1. The minimum atomic E-state index is -0.310. The molecule has 4 nitrogen and oxygen atoms in total. The van der Waals surface area contributed by atoms with E-state index in [0.29, 0.717) is 15.7 Å². The zero-order valence-electron chi connectivity index (χ0n) is 13.4. The van der Waals surface area contributed by atoms with Crippen LogP contribution in [0, 0.1) is 0 Å². The Hall–Kier alpha value is -1.75. The van der Waals surface area contributed by atoms with Gasteiger partial charge in [-0.05, 0) is 67.9 Å². The van der Waals surface area contributed by atoms with Crippen LogP contribution in [0.15, 0.2) is 36.4 Å². The van der Waals surface area contributed by atoms with Gasteiger partial charge in [-0.1, -0.05) is 29.3 Å². The quantitative estimate of drug-likeness (QED) is 0.786. The van der Waals surface area contributed by atoms with E-state index in [1.54, 1.807) is 18.2 Å². The second kappa shape index (κ2) is 7.43. The van der Waals surface area contributed by atoms with Crippen molar-refractivity contribution in [2.75, 3.05) is 24.2 Å². The van der Waals surface area contributed by atoms with Crippen molar-refractivity contribution in [2.24, 2.45) is 0 Å². The van der Waals surface area contributed by atoms with E-state index in [2.05, 4.69) is 28.6 Å². The summed E-state index contributed by atoms with van der Waals surface area (Å²) in [7, 11) is 2.12. The van der Waals surface area contributed by atoms with Gasteiger partial charge >= 0.3 is 6.03 Å². The molecule has 0 saturated carbocycles. The molecule has 3 rings (SSSR count). The number of hydrogen-bond acceptors (Lipinski definition) is 2. The van der Waals surface area contributed by atoms with Gasteiger partial charge < -0.3 is 15.5 Å². The van der Waals surface area contributed by atoms with Gasteiger partial charge in [0.15, 0.2) is 0 Å². The SMILES string of the molecule is CN1CCCc2ccc(NC(=O)Nc3ccc(Cl)c(Cl)c3)cc2C1. The summed E-state index contributed by atoms with van der Waals surface area (Å²) in [6, 6.07) is 10.8. The van der Waals surface area contributed by atoms with E-state index in [-0.39, 0.29) is 6.03 Å². The van der Waals surface area contributed by atoms with Crippen molar-refractivity contribution < 1.29 is 4.79 Å². The first-order chi connectivity index (χ1) is 11.5. The lowest BCUT2D eigenvalue weighted by atomic mass is 10.0. The summed E-state index contributed by atoms with van der Waals surface area (Å²) in [5.74, 6) is 0. The molecule has 2 N–H and O–H groups in total. The zero-order valence-corrected chi connectivity index (χ0v) is 14.9. The van der Waals surface area contributed by atoms with Gasteiger partial charge in [-0.15, -0.1) is 0 Å². The molecule has 1 aliphatic rings. The van der Waals surface area contributed by atoms with E-state index in [4.69, 9.17) is 23.2 Å². The van der Waals surface area contributed by atoms with Crippen molar-refractivity contribution in [1.29, 1.82) is 0 Å². The van der Waals surface area contributed by atoms with E-state index in [1.165, 1.54) is 11.1 Å². The van der Waals surface area contributed by atoms with Crippen molar-refractivity contribution in [3.05, 3.63) is 57.6 Å². The smallest absolute Gasteiger partial charge is 0.308 e. The Morgan fingerprint density at radius 1 is 1.00 bits per heavy atom. The van der Waals surface area contributed by atoms with Gasteiger partial charge in [-0.25, -0.2) is 4.79 Å². The number of anilines is 2. The molecule has 0 saturated heterocycles. The fourth-order valence-electron chi connectivity index (χ4n) is 2.87. The molecule has 2 aromatic rings. The third kappa shape index (κ3) is 4.20. The first kappa shape index (κ1) is 17.1. The van der Waals surface area contributed by atoms with Crippen LogP contribution in [0.2, 0.25) is 10.0 Å². The summed E-state index contributed by atoms with van der Waals surface area (Å²) >= 11 is 11.8. The number of carbonyl (C=O) groups excluding carboxylic acids is 1. The lowest BCUT2D eigenvalue weighted by Gasteiger charge is -2.15. The second-order valence-electron chi connectivity index (χ2n) is 6.03. The van der Waals surface area contributed by atoms with Gasteiger partial charge in [0.1, 0.15) is 0 Å². The maximum absolute atomic E-state index is 12.2. The first-order valence-electron chi connectivity index (χ1n) is 7.84. The molecule has 2 amide bonds. The molecule has 126 valence electrons. The molecule has 0 aliphatic carbocycles. The maximum Gasteiger partial charge on any atom is 0.323 e. The average Bonchev–Trinajstić information content (AvgIpc) is 2.71. The van der Waals surface area contributed by atoms with Crippen LogP contribution in [-0.2, 0) is 13.0 Å². The predicted molar refractivity (Wildman–Crippen MR) is 100 cm³/mol. The number of rotatable bonds is 2. The molecule has 0 radical (unpaired) electrons. The van der Waals surface area contributed by atoms with Crippen LogP contribution in [0.5, 0.6) is 0 Å². The van der Waals surface area contributed by atoms with Crippen LogP contribution in [0.25, 0.3) is 0 Å². The van der Waals surface area contributed by atoms with Gasteiger partial charge in [0.2, 0.25) is 0 Å². The highest BCUT2D eigenvalue weighted by molar-refractivity contribution is 6.42. The molecule has 0 spiro atoms. The molecule has 24 heavy (non-hydrogen) atoms. The topological polar surface area (TPSA) is 44.4 Å². The van der Waals surface area contributed by atoms with Crippen LogP contribution >= 0.6 is 23.2 Å². The van der Waals surface area contributed by atoms with Gasteiger partial charge in [0.25, 0.3) is 0 Å². The standard InChI is InChI=1S/C18H19Cl2N3O/c1-23-8-2-3-12-4-5-14(9-13(12)11-23)21-18(24)22-15-6-7-16(19)17(20)10-15/h4-7,9-10H,2-3,8,11H2,1H3,(H2,21,22,24). The Balaban J connectivity index is 1.69. The number of carbonyl (C=O) groups is 1. The van der Waals surface area contributed by atoms with E-state index in [1.807, 2.05) is 12.1 Å². The fraction of sp³-hybridized carbons (Fsp3) is 0.278. The summed E-state index contributed by atoms with van der Waals surface area (Å²) < 4.78 is 0. The van der Waals surface area contributed by atoms with E-state index in [9.17, 15) is 4.79 Å². The third-order valence-electron chi connectivity index (χ3n) is 4.07. The van der Waals surface area contributed by atoms with Crippen molar-refractivity contribution in [2.45, 2.75) is 19.4 Å². The molecule has 0 atom stereocenters. The number of fused-ring (bicyclic) bond motifs is 1. The van der Waals surface area contributed by atoms with Gasteiger partial charge in [0, 0.05) is 17.9 Å². The average molecular weight is 364 g/mol. The fourth-order valence-corrected chi connectivity index (χ4v) is 3.17. The molecule has 2 aromatic carbocycles. The van der Waals surface area contributed by atoms with Gasteiger partial charge in [0.05, 0.1) is 10.0 Å². The minimum absolute atomic E-state index is 0.310. The lowest BCUT2D eigenvalue weighted by Crippen LogP contribution is -2.20. The van der Waals surface area contributed by atoms with Crippen LogP contribution in [0.1, 0.15) is 17.5 Å². The predicted octanol–water partition coefficient (Wildman–Crippen LogP) is 5.02. The molecule has 0 unspecified atom stereocenters. The van der Waals surface area contributed by atoms with Crippen molar-refractivity contribution in [1.82, 2.24) is 4.90 Å². The number of amides is 2. The molecule has 6 heteroatoms. The Kier molecular flexibility index (Phi) is 5.29. The van der Waals surface area contributed by atoms with Crippen molar-refractivity contribution in [3.63, 3.8) is 0 Å².